The Hall–Kier alpha value is -2.41. The molecule has 0 radical (unpaired) electrons. The summed E-state index contributed by atoms with van der Waals surface area (Å²) in [7, 11) is 1.93. The predicted molar refractivity (Wildman–Crippen MR) is 90.7 cm³/mol. The second kappa shape index (κ2) is 7.44. The van der Waals surface area contributed by atoms with Crippen molar-refractivity contribution >= 4 is 11.7 Å². The van der Waals surface area contributed by atoms with Crippen molar-refractivity contribution in [3.05, 3.63) is 42.1 Å². The van der Waals surface area contributed by atoms with Gasteiger partial charge >= 0.3 is 0 Å². The molecule has 0 bridgehead atoms. The van der Waals surface area contributed by atoms with Gasteiger partial charge in [-0.25, -0.2) is 9.97 Å². The molecule has 24 heavy (non-hydrogen) atoms. The zero-order valence-corrected chi connectivity index (χ0v) is 14.1. The van der Waals surface area contributed by atoms with Gasteiger partial charge in [0.15, 0.2) is 0 Å². The van der Waals surface area contributed by atoms with Crippen LogP contribution in [0.15, 0.2) is 30.7 Å². The number of hydrogen-bond donors (Lipinski definition) is 1. The third-order valence-electron chi connectivity index (χ3n) is 4.21. The summed E-state index contributed by atoms with van der Waals surface area (Å²) in [6.45, 7) is 4.55. The molecule has 3 rings (SSSR count). The molecule has 2 aromatic heterocycles. The monoisotopic (exact) mass is 329 g/mol. The predicted octanol–water partition coefficient (Wildman–Crippen LogP) is 1.68. The lowest BCUT2D eigenvalue weighted by Gasteiger charge is -2.20. The van der Waals surface area contributed by atoms with E-state index in [-0.39, 0.29) is 5.91 Å². The molecule has 1 saturated heterocycles. The normalized spacial score (nSPS) is 17.0. The number of carbonyl (C=O) groups excluding carboxylic acids is 1. The summed E-state index contributed by atoms with van der Waals surface area (Å²) in [6, 6.07) is 3.96. The first-order valence-electron chi connectivity index (χ1n) is 8.23. The van der Waals surface area contributed by atoms with Crippen molar-refractivity contribution in [2.24, 2.45) is 7.05 Å². The first-order valence-corrected chi connectivity index (χ1v) is 8.23. The summed E-state index contributed by atoms with van der Waals surface area (Å²) in [5.41, 5.74) is 0.583. The van der Waals surface area contributed by atoms with Crippen LogP contribution < -0.4 is 5.32 Å². The highest BCUT2D eigenvalue weighted by atomic mass is 16.5. The Bertz CT molecular complexity index is 677. The van der Waals surface area contributed by atoms with Crippen molar-refractivity contribution in [3.8, 4) is 0 Å². The third kappa shape index (κ3) is 3.73. The van der Waals surface area contributed by atoms with Crippen LogP contribution in [0.3, 0.4) is 0 Å². The maximum atomic E-state index is 12.7. The highest BCUT2D eigenvalue weighted by Crippen LogP contribution is 2.14. The topological polar surface area (TPSA) is 72.3 Å². The SMILES string of the molecule is CCN(Cc1nccn1C)C(=O)c1ccc(NC2CCOC2)nc1. The average molecular weight is 329 g/mol. The number of aromatic nitrogens is 3. The number of imidazole rings is 1. The van der Waals surface area contributed by atoms with Gasteiger partial charge in [-0.05, 0) is 25.5 Å². The van der Waals surface area contributed by atoms with E-state index in [1.165, 1.54) is 0 Å². The first-order chi connectivity index (χ1) is 11.7. The second-order valence-corrected chi connectivity index (χ2v) is 5.91. The number of nitrogens with one attached hydrogen (secondary N) is 1. The summed E-state index contributed by atoms with van der Waals surface area (Å²) in [5.74, 6) is 1.59. The minimum absolute atomic E-state index is 0.0382. The molecular formula is C17H23N5O2. The molecule has 7 heteroatoms. The zero-order chi connectivity index (χ0) is 16.9. The Kier molecular flexibility index (Phi) is 5.10. The van der Waals surface area contributed by atoms with Gasteiger partial charge in [0.25, 0.3) is 5.91 Å². The average Bonchev–Trinajstić information content (AvgIpc) is 3.25. The fraction of sp³-hybridized carbons (Fsp3) is 0.471. The Balaban J connectivity index is 1.65. The smallest absolute Gasteiger partial charge is 0.255 e. The summed E-state index contributed by atoms with van der Waals surface area (Å²) in [6.07, 6.45) is 6.22. The lowest BCUT2D eigenvalue weighted by Crippen LogP contribution is -2.31. The molecule has 1 unspecified atom stereocenters. The minimum Gasteiger partial charge on any atom is -0.379 e. The number of aryl methyl sites for hydroxylation is 1. The van der Waals surface area contributed by atoms with Gasteiger partial charge < -0.3 is 19.5 Å². The van der Waals surface area contributed by atoms with Crippen LogP contribution in [0, 0.1) is 0 Å². The van der Waals surface area contributed by atoms with Gasteiger partial charge in [0.05, 0.1) is 24.8 Å². The zero-order valence-electron chi connectivity index (χ0n) is 14.1. The van der Waals surface area contributed by atoms with E-state index in [4.69, 9.17) is 4.74 Å². The molecule has 7 nitrogen and oxygen atoms in total. The van der Waals surface area contributed by atoms with Crippen LogP contribution in [-0.4, -0.2) is 51.1 Å². The second-order valence-electron chi connectivity index (χ2n) is 5.91. The number of amides is 1. The molecule has 3 heterocycles. The molecule has 1 N–H and O–H groups in total. The molecule has 1 fully saturated rings. The molecule has 1 atom stereocenters. The molecule has 0 aromatic carbocycles. The van der Waals surface area contributed by atoms with Crippen LogP contribution in [0.25, 0.3) is 0 Å². The van der Waals surface area contributed by atoms with Crippen molar-refractivity contribution < 1.29 is 9.53 Å². The molecular weight excluding hydrogens is 306 g/mol. The van der Waals surface area contributed by atoms with Crippen LogP contribution in [0.4, 0.5) is 5.82 Å². The Morgan fingerprint density at radius 1 is 1.46 bits per heavy atom. The van der Waals surface area contributed by atoms with E-state index < -0.39 is 0 Å². The van der Waals surface area contributed by atoms with Crippen LogP contribution in [0.5, 0.6) is 0 Å². The number of carbonyl (C=O) groups is 1. The van der Waals surface area contributed by atoms with Crippen LogP contribution in [0.2, 0.25) is 0 Å². The first kappa shape index (κ1) is 16.4. The van der Waals surface area contributed by atoms with Crippen molar-refractivity contribution in [2.75, 3.05) is 25.1 Å². The van der Waals surface area contributed by atoms with Crippen molar-refractivity contribution in [2.45, 2.75) is 25.9 Å². The largest absolute Gasteiger partial charge is 0.379 e. The van der Waals surface area contributed by atoms with E-state index >= 15 is 0 Å². The van der Waals surface area contributed by atoms with Gasteiger partial charge in [-0.2, -0.15) is 0 Å². The van der Waals surface area contributed by atoms with Crippen molar-refractivity contribution in [1.82, 2.24) is 19.4 Å². The lowest BCUT2D eigenvalue weighted by molar-refractivity contribution is 0.0747. The van der Waals surface area contributed by atoms with Crippen molar-refractivity contribution in [3.63, 3.8) is 0 Å². The molecule has 0 aliphatic carbocycles. The molecule has 1 aliphatic rings. The standard InChI is InChI=1S/C17H23N5O2/c1-3-22(11-16-18-7-8-21(16)2)17(23)13-4-5-15(19-10-13)20-14-6-9-24-12-14/h4-5,7-8,10,14H,3,6,9,11-12H2,1-2H3,(H,19,20). The fourth-order valence-electron chi connectivity index (χ4n) is 2.69. The molecule has 2 aromatic rings. The summed E-state index contributed by atoms with van der Waals surface area (Å²) >= 11 is 0. The van der Waals surface area contributed by atoms with Crippen LogP contribution in [0.1, 0.15) is 29.5 Å². The van der Waals surface area contributed by atoms with Gasteiger partial charge in [0.1, 0.15) is 11.6 Å². The lowest BCUT2D eigenvalue weighted by atomic mass is 10.2. The van der Waals surface area contributed by atoms with E-state index in [2.05, 4.69) is 15.3 Å². The van der Waals surface area contributed by atoms with Gasteiger partial charge in [-0.15, -0.1) is 0 Å². The Morgan fingerprint density at radius 3 is 2.92 bits per heavy atom. The summed E-state index contributed by atoms with van der Waals surface area (Å²) in [4.78, 5) is 23.1. The number of pyridine rings is 1. The highest BCUT2D eigenvalue weighted by Gasteiger charge is 2.18. The highest BCUT2D eigenvalue weighted by molar-refractivity contribution is 5.94. The van der Waals surface area contributed by atoms with Gasteiger partial charge in [0.2, 0.25) is 0 Å². The number of ether oxygens (including phenoxy) is 1. The minimum atomic E-state index is -0.0382. The third-order valence-corrected chi connectivity index (χ3v) is 4.21. The fourth-order valence-corrected chi connectivity index (χ4v) is 2.69. The number of nitrogens with zero attached hydrogens (tertiary/aromatic N) is 4. The van der Waals surface area contributed by atoms with E-state index in [0.717, 1.165) is 24.7 Å². The molecule has 1 amide bonds. The summed E-state index contributed by atoms with van der Waals surface area (Å²) < 4.78 is 7.26. The van der Waals surface area contributed by atoms with Crippen molar-refractivity contribution in [1.29, 1.82) is 0 Å². The van der Waals surface area contributed by atoms with Crippen LogP contribution in [-0.2, 0) is 18.3 Å². The van der Waals surface area contributed by atoms with Gasteiger partial charge in [-0.1, -0.05) is 0 Å². The van der Waals surface area contributed by atoms with E-state index in [9.17, 15) is 4.79 Å². The van der Waals surface area contributed by atoms with Crippen LogP contribution >= 0.6 is 0 Å². The Labute approximate surface area is 141 Å². The molecule has 0 saturated carbocycles. The number of hydrogen-bond acceptors (Lipinski definition) is 5. The summed E-state index contributed by atoms with van der Waals surface area (Å²) in [5, 5.41) is 3.32. The van der Waals surface area contributed by atoms with Gasteiger partial charge in [0, 0.05) is 38.8 Å². The molecule has 1 aliphatic heterocycles. The maximum absolute atomic E-state index is 12.7. The molecule has 128 valence electrons. The number of anilines is 1. The molecule has 0 spiro atoms. The quantitative estimate of drug-likeness (QED) is 0.873. The number of rotatable bonds is 6. The maximum Gasteiger partial charge on any atom is 0.255 e. The Morgan fingerprint density at radius 2 is 2.33 bits per heavy atom. The van der Waals surface area contributed by atoms with Gasteiger partial charge in [-0.3, -0.25) is 4.79 Å². The van der Waals surface area contributed by atoms with E-state index in [1.54, 1.807) is 17.3 Å². The van der Waals surface area contributed by atoms with E-state index in [0.29, 0.717) is 31.3 Å². The van der Waals surface area contributed by atoms with E-state index in [1.807, 2.05) is 36.9 Å².